The molecule has 0 bridgehead atoms. The molecule has 5 nitrogen and oxygen atoms in total. The van der Waals surface area contributed by atoms with Crippen LogP contribution in [-0.4, -0.2) is 46.0 Å². The Kier molecular flexibility index (Phi) is 5.68. The number of hydrogen-bond donors (Lipinski definition) is 2. The molecule has 1 fully saturated rings. The number of hydrogen-bond acceptors (Lipinski definition) is 4. The Hall–Kier alpha value is -0.170. The van der Waals surface area contributed by atoms with Gasteiger partial charge in [-0.05, 0) is 26.3 Å². The molecule has 0 aromatic heterocycles. The second-order valence-electron chi connectivity index (χ2n) is 4.13. The molecule has 0 amide bonds. The first-order valence-corrected chi connectivity index (χ1v) is 7.52. The van der Waals surface area contributed by atoms with Crippen LogP contribution >= 0.6 is 0 Å². The molecule has 0 aliphatic carbocycles. The molecule has 0 saturated carbocycles. The van der Waals surface area contributed by atoms with E-state index in [0.717, 1.165) is 26.0 Å². The van der Waals surface area contributed by atoms with Crippen LogP contribution in [0.25, 0.3) is 0 Å². The Balaban J connectivity index is 2.33. The van der Waals surface area contributed by atoms with Gasteiger partial charge in [-0.2, -0.15) is 0 Å². The number of nitrogens with one attached hydrogen (secondary N) is 2. The Bertz CT molecular complexity index is 286. The molecular weight excluding hydrogens is 228 g/mol. The SMILES string of the molecule is CCNCCS(=O)(=O)NC(C)C1CCCO1. The van der Waals surface area contributed by atoms with Gasteiger partial charge >= 0.3 is 0 Å². The van der Waals surface area contributed by atoms with Crippen LogP contribution in [-0.2, 0) is 14.8 Å². The van der Waals surface area contributed by atoms with Crippen LogP contribution in [0.2, 0.25) is 0 Å². The van der Waals surface area contributed by atoms with E-state index in [1.807, 2.05) is 13.8 Å². The third-order valence-corrected chi connectivity index (χ3v) is 4.16. The zero-order valence-corrected chi connectivity index (χ0v) is 10.8. The van der Waals surface area contributed by atoms with Crippen molar-refractivity contribution in [3.8, 4) is 0 Å². The molecule has 1 saturated heterocycles. The average molecular weight is 250 g/mol. The molecule has 1 aliphatic rings. The van der Waals surface area contributed by atoms with Gasteiger partial charge in [0.1, 0.15) is 0 Å². The summed E-state index contributed by atoms with van der Waals surface area (Å²) in [5.74, 6) is 0.123. The van der Waals surface area contributed by atoms with Crippen LogP contribution < -0.4 is 10.0 Å². The summed E-state index contributed by atoms with van der Waals surface area (Å²) in [5.41, 5.74) is 0. The van der Waals surface area contributed by atoms with Gasteiger partial charge in [0.2, 0.25) is 10.0 Å². The van der Waals surface area contributed by atoms with Gasteiger partial charge < -0.3 is 10.1 Å². The highest BCUT2D eigenvalue weighted by Gasteiger charge is 2.25. The van der Waals surface area contributed by atoms with Gasteiger partial charge in [0.25, 0.3) is 0 Å². The molecule has 0 aromatic carbocycles. The maximum atomic E-state index is 11.7. The average Bonchev–Trinajstić information content (AvgIpc) is 2.69. The van der Waals surface area contributed by atoms with Crippen LogP contribution in [0.4, 0.5) is 0 Å². The first kappa shape index (κ1) is 13.9. The molecule has 2 atom stereocenters. The van der Waals surface area contributed by atoms with E-state index in [1.165, 1.54) is 0 Å². The van der Waals surface area contributed by atoms with Crippen LogP contribution in [0.3, 0.4) is 0 Å². The molecule has 6 heteroatoms. The molecule has 1 heterocycles. The molecule has 96 valence electrons. The van der Waals surface area contributed by atoms with E-state index < -0.39 is 10.0 Å². The molecular formula is C10H22N2O3S. The minimum absolute atomic E-state index is 0.0360. The highest BCUT2D eigenvalue weighted by Crippen LogP contribution is 2.15. The van der Waals surface area contributed by atoms with Crippen LogP contribution in [0.1, 0.15) is 26.7 Å². The third kappa shape index (κ3) is 4.78. The first-order chi connectivity index (χ1) is 7.55. The topological polar surface area (TPSA) is 67.4 Å². The normalized spacial score (nSPS) is 23.5. The first-order valence-electron chi connectivity index (χ1n) is 5.87. The molecule has 0 radical (unpaired) electrons. The van der Waals surface area contributed by atoms with Crippen molar-refractivity contribution in [2.45, 2.75) is 38.8 Å². The van der Waals surface area contributed by atoms with E-state index in [9.17, 15) is 8.42 Å². The summed E-state index contributed by atoms with van der Waals surface area (Å²) in [4.78, 5) is 0. The molecule has 2 unspecified atom stereocenters. The van der Waals surface area contributed by atoms with Crippen LogP contribution in [0.5, 0.6) is 0 Å². The smallest absolute Gasteiger partial charge is 0.213 e. The molecule has 0 aromatic rings. The molecule has 0 spiro atoms. The summed E-state index contributed by atoms with van der Waals surface area (Å²) < 4.78 is 31.4. The van der Waals surface area contributed by atoms with E-state index in [1.54, 1.807) is 0 Å². The second-order valence-corrected chi connectivity index (χ2v) is 6.00. The maximum Gasteiger partial charge on any atom is 0.213 e. The van der Waals surface area contributed by atoms with Crippen molar-refractivity contribution in [3.63, 3.8) is 0 Å². The fourth-order valence-electron chi connectivity index (χ4n) is 1.80. The minimum Gasteiger partial charge on any atom is -0.377 e. The number of ether oxygens (including phenoxy) is 1. The van der Waals surface area contributed by atoms with Gasteiger partial charge in [-0.25, -0.2) is 13.1 Å². The van der Waals surface area contributed by atoms with Gasteiger partial charge in [0, 0.05) is 19.2 Å². The van der Waals surface area contributed by atoms with Gasteiger partial charge in [-0.3, -0.25) is 0 Å². The predicted molar refractivity (Wildman–Crippen MR) is 63.9 cm³/mol. The van der Waals surface area contributed by atoms with Crippen molar-refractivity contribution in [2.75, 3.05) is 25.4 Å². The highest BCUT2D eigenvalue weighted by atomic mass is 32.2. The van der Waals surface area contributed by atoms with E-state index in [4.69, 9.17) is 4.74 Å². The van der Waals surface area contributed by atoms with Gasteiger partial charge in [0.05, 0.1) is 11.9 Å². The van der Waals surface area contributed by atoms with E-state index >= 15 is 0 Å². The van der Waals surface area contributed by atoms with E-state index in [2.05, 4.69) is 10.0 Å². The minimum atomic E-state index is -3.18. The Labute approximate surface area is 98.0 Å². The van der Waals surface area contributed by atoms with Gasteiger partial charge in [-0.15, -0.1) is 0 Å². The fourth-order valence-corrected chi connectivity index (χ4v) is 3.05. The lowest BCUT2D eigenvalue weighted by atomic mass is 10.1. The summed E-state index contributed by atoms with van der Waals surface area (Å²) in [7, 11) is -3.18. The van der Waals surface area contributed by atoms with Crippen LogP contribution in [0, 0.1) is 0 Å². The predicted octanol–water partition coefficient (Wildman–Crippen LogP) is 0.0828. The summed E-state index contributed by atoms with van der Waals surface area (Å²) in [5, 5.41) is 3.00. The summed E-state index contributed by atoms with van der Waals surface area (Å²) in [6.45, 7) is 5.84. The molecule has 1 rings (SSSR count). The molecule has 2 N–H and O–H groups in total. The standard InChI is InChI=1S/C10H22N2O3S/c1-3-11-6-8-16(13,14)12-9(2)10-5-4-7-15-10/h9-12H,3-8H2,1-2H3. The molecule has 16 heavy (non-hydrogen) atoms. The van der Waals surface area contributed by atoms with E-state index in [-0.39, 0.29) is 17.9 Å². The number of rotatable bonds is 7. The highest BCUT2D eigenvalue weighted by molar-refractivity contribution is 7.89. The lowest BCUT2D eigenvalue weighted by Gasteiger charge is -2.19. The Morgan fingerprint density at radius 2 is 2.25 bits per heavy atom. The second kappa shape index (κ2) is 6.54. The maximum absolute atomic E-state index is 11.7. The summed E-state index contributed by atoms with van der Waals surface area (Å²) >= 11 is 0. The van der Waals surface area contributed by atoms with Crippen molar-refractivity contribution in [1.29, 1.82) is 0 Å². The Morgan fingerprint density at radius 3 is 2.81 bits per heavy atom. The van der Waals surface area contributed by atoms with E-state index in [0.29, 0.717) is 6.54 Å². The van der Waals surface area contributed by atoms with Crippen molar-refractivity contribution < 1.29 is 13.2 Å². The molecule has 1 aliphatic heterocycles. The monoisotopic (exact) mass is 250 g/mol. The van der Waals surface area contributed by atoms with Crippen LogP contribution in [0.15, 0.2) is 0 Å². The summed E-state index contributed by atoms with van der Waals surface area (Å²) in [6.07, 6.45) is 2.00. The quantitative estimate of drug-likeness (QED) is 0.628. The van der Waals surface area contributed by atoms with Gasteiger partial charge in [0.15, 0.2) is 0 Å². The number of sulfonamides is 1. The van der Waals surface area contributed by atoms with Gasteiger partial charge in [-0.1, -0.05) is 6.92 Å². The zero-order chi connectivity index (χ0) is 12.0. The third-order valence-electron chi connectivity index (χ3n) is 2.69. The lowest BCUT2D eigenvalue weighted by Crippen LogP contribution is -2.43. The zero-order valence-electron chi connectivity index (χ0n) is 10.0. The fraction of sp³-hybridized carbons (Fsp3) is 1.00. The Morgan fingerprint density at radius 1 is 1.50 bits per heavy atom. The lowest BCUT2D eigenvalue weighted by molar-refractivity contribution is 0.0902. The van der Waals surface area contributed by atoms with Crippen molar-refractivity contribution >= 4 is 10.0 Å². The van der Waals surface area contributed by atoms with Crippen molar-refractivity contribution in [3.05, 3.63) is 0 Å². The van der Waals surface area contributed by atoms with Crippen molar-refractivity contribution in [1.82, 2.24) is 10.0 Å². The largest absolute Gasteiger partial charge is 0.377 e. The summed E-state index contributed by atoms with van der Waals surface area (Å²) in [6, 6.07) is -0.130. The van der Waals surface area contributed by atoms with Crippen molar-refractivity contribution in [2.24, 2.45) is 0 Å².